The van der Waals surface area contributed by atoms with Crippen molar-refractivity contribution in [2.24, 2.45) is 0 Å². The molecule has 2 rings (SSSR count). The normalized spacial score (nSPS) is 10.9. The quantitative estimate of drug-likeness (QED) is 0.686. The van der Waals surface area contributed by atoms with Crippen LogP contribution in [0.2, 0.25) is 0 Å². The number of aryl methyl sites for hydroxylation is 2. The first kappa shape index (κ1) is 8.25. The van der Waals surface area contributed by atoms with E-state index in [-0.39, 0.29) is 10.6 Å². The van der Waals surface area contributed by atoms with Gasteiger partial charge in [-0.3, -0.25) is 9.20 Å². The van der Waals surface area contributed by atoms with Crippen molar-refractivity contribution < 1.29 is 5.11 Å². The van der Waals surface area contributed by atoms with Crippen molar-refractivity contribution in [3.63, 3.8) is 0 Å². The van der Waals surface area contributed by atoms with Gasteiger partial charge in [-0.25, -0.2) is 4.98 Å². The van der Waals surface area contributed by atoms with Crippen molar-refractivity contribution in [3.8, 4) is 5.06 Å². The molecule has 0 aliphatic heterocycles. The molecule has 5 heteroatoms. The Labute approximate surface area is 78.1 Å². The van der Waals surface area contributed by atoms with Gasteiger partial charge in [0, 0.05) is 11.8 Å². The van der Waals surface area contributed by atoms with Crippen molar-refractivity contribution in [1.82, 2.24) is 9.38 Å². The van der Waals surface area contributed by atoms with Crippen LogP contribution in [0.3, 0.4) is 0 Å². The molecule has 0 aliphatic rings. The summed E-state index contributed by atoms with van der Waals surface area (Å²) in [6.07, 6.45) is 1.52. The van der Waals surface area contributed by atoms with Crippen LogP contribution >= 0.6 is 11.3 Å². The summed E-state index contributed by atoms with van der Waals surface area (Å²) in [6.45, 7) is 3.40. The van der Waals surface area contributed by atoms with Gasteiger partial charge >= 0.3 is 0 Å². The molecule has 13 heavy (non-hydrogen) atoms. The summed E-state index contributed by atoms with van der Waals surface area (Å²) in [4.78, 5) is 16.2. The van der Waals surface area contributed by atoms with Crippen molar-refractivity contribution in [3.05, 3.63) is 27.8 Å². The van der Waals surface area contributed by atoms with E-state index in [4.69, 9.17) is 0 Å². The Morgan fingerprint density at radius 3 is 2.92 bits per heavy atom. The number of fused-ring (bicyclic) bond motifs is 1. The Morgan fingerprint density at radius 2 is 2.23 bits per heavy atom. The monoisotopic (exact) mass is 196 g/mol. The fraction of sp³-hybridized carbons (Fsp3) is 0.250. The summed E-state index contributed by atoms with van der Waals surface area (Å²) in [5.74, 6) is 0. The zero-order valence-corrected chi connectivity index (χ0v) is 8.05. The van der Waals surface area contributed by atoms with Crippen LogP contribution in [0.4, 0.5) is 0 Å². The first-order valence-electron chi connectivity index (χ1n) is 3.78. The minimum Gasteiger partial charge on any atom is -0.498 e. The summed E-state index contributed by atoms with van der Waals surface area (Å²) < 4.78 is 1.43. The number of thiazole rings is 1. The van der Waals surface area contributed by atoms with Gasteiger partial charge in [-0.15, -0.1) is 0 Å². The lowest BCUT2D eigenvalue weighted by molar-refractivity contribution is 0.483. The number of rotatable bonds is 0. The molecule has 0 atom stereocenters. The molecule has 1 N–H and O–H groups in total. The molecule has 0 amide bonds. The summed E-state index contributed by atoms with van der Waals surface area (Å²) in [7, 11) is 0. The Kier molecular flexibility index (Phi) is 1.63. The average molecular weight is 196 g/mol. The van der Waals surface area contributed by atoms with Crippen LogP contribution in [0.15, 0.2) is 11.0 Å². The highest BCUT2D eigenvalue weighted by Crippen LogP contribution is 2.25. The predicted molar refractivity (Wildman–Crippen MR) is 50.5 cm³/mol. The van der Waals surface area contributed by atoms with Crippen LogP contribution in [0, 0.1) is 13.8 Å². The van der Waals surface area contributed by atoms with Crippen LogP contribution in [0.5, 0.6) is 5.06 Å². The molecular formula is C8H8N2O2S. The second kappa shape index (κ2) is 2.56. The molecule has 0 bridgehead atoms. The molecular weight excluding hydrogens is 188 g/mol. The zero-order valence-electron chi connectivity index (χ0n) is 7.24. The Balaban J connectivity index is 3.06. The number of aromatic nitrogens is 2. The maximum absolute atomic E-state index is 11.6. The van der Waals surface area contributed by atoms with E-state index in [0.717, 1.165) is 11.3 Å². The van der Waals surface area contributed by atoms with Gasteiger partial charge in [-0.05, 0) is 13.8 Å². The number of nitrogens with zero attached hydrogens (tertiary/aromatic N) is 2. The summed E-state index contributed by atoms with van der Waals surface area (Å²) in [5, 5.41) is 9.53. The van der Waals surface area contributed by atoms with Crippen LogP contribution in [0.1, 0.15) is 11.3 Å². The van der Waals surface area contributed by atoms with Gasteiger partial charge < -0.3 is 5.11 Å². The highest BCUT2D eigenvalue weighted by atomic mass is 32.1. The number of hydrogen-bond donors (Lipinski definition) is 1. The largest absolute Gasteiger partial charge is 0.498 e. The van der Waals surface area contributed by atoms with Gasteiger partial charge in [-0.1, -0.05) is 11.3 Å². The Hall–Kier alpha value is -1.36. The van der Waals surface area contributed by atoms with E-state index in [1.165, 1.54) is 10.6 Å². The molecule has 0 saturated carbocycles. The van der Waals surface area contributed by atoms with Gasteiger partial charge in [-0.2, -0.15) is 0 Å². The summed E-state index contributed by atoms with van der Waals surface area (Å²) >= 11 is 1.11. The second-order valence-corrected chi connectivity index (χ2v) is 3.81. The highest BCUT2D eigenvalue weighted by molar-refractivity contribution is 7.18. The third kappa shape index (κ3) is 1.04. The van der Waals surface area contributed by atoms with Gasteiger partial charge in [0.05, 0.1) is 5.69 Å². The lowest BCUT2D eigenvalue weighted by atomic mass is 10.4. The molecule has 4 nitrogen and oxygen atoms in total. The number of hydrogen-bond acceptors (Lipinski definition) is 4. The van der Waals surface area contributed by atoms with Crippen molar-refractivity contribution >= 4 is 16.3 Å². The molecule has 0 radical (unpaired) electrons. The van der Waals surface area contributed by atoms with Gasteiger partial charge in [0.25, 0.3) is 5.56 Å². The molecule has 2 aromatic rings. The zero-order chi connectivity index (χ0) is 9.59. The van der Waals surface area contributed by atoms with Gasteiger partial charge in [0.1, 0.15) is 0 Å². The predicted octanol–water partition coefficient (Wildman–Crippen LogP) is 1.08. The minimum atomic E-state index is -0.112. The molecule has 0 spiro atoms. The summed E-state index contributed by atoms with van der Waals surface area (Å²) in [5.41, 5.74) is 1.03. The minimum absolute atomic E-state index is 0.112. The van der Waals surface area contributed by atoms with E-state index >= 15 is 0 Å². The van der Waals surface area contributed by atoms with E-state index in [2.05, 4.69) is 4.98 Å². The van der Waals surface area contributed by atoms with Crippen LogP contribution < -0.4 is 5.56 Å². The van der Waals surface area contributed by atoms with E-state index in [0.29, 0.717) is 16.2 Å². The molecule has 0 unspecified atom stereocenters. The van der Waals surface area contributed by atoms with Crippen LogP contribution in [-0.2, 0) is 0 Å². The molecule has 0 aromatic carbocycles. The third-order valence-corrected chi connectivity index (χ3v) is 2.89. The molecule has 0 aliphatic carbocycles. The molecule has 0 fully saturated rings. The SMILES string of the molecule is Cc1cnc2sc(O)c(C)n2c1=O. The molecule has 0 saturated heterocycles. The first-order chi connectivity index (χ1) is 6.11. The van der Waals surface area contributed by atoms with Crippen LogP contribution in [0.25, 0.3) is 4.96 Å². The fourth-order valence-corrected chi connectivity index (χ4v) is 1.98. The molecule has 2 aromatic heterocycles. The van der Waals surface area contributed by atoms with Crippen molar-refractivity contribution in [2.45, 2.75) is 13.8 Å². The molecule has 2 heterocycles. The highest BCUT2D eigenvalue weighted by Gasteiger charge is 2.10. The topological polar surface area (TPSA) is 54.6 Å². The van der Waals surface area contributed by atoms with Gasteiger partial charge in [0.15, 0.2) is 10.0 Å². The maximum atomic E-state index is 11.6. The van der Waals surface area contributed by atoms with Crippen LogP contribution in [-0.4, -0.2) is 14.5 Å². The molecule has 68 valence electrons. The lowest BCUT2D eigenvalue weighted by Crippen LogP contribution is -2.16. The van der Waals surface area contributed by atoms with E-state index in [1.807, 2.05) is 0 Å². The van der Waals surface area contributed by atoms with Crippen molar-refractivity contribution in [2.75, 3.05) is 0 Å². The number of aromatic hydroxyl groups is 1. The smallest absolute Gasteiger partial charge is 0.261 e. The standard InChI is InChI=1S/C8H8N2O2S/c1-4-3-9-8-10(6(4)11)5(2)7(12)13-8/h3,12H,1-2H3. The first-order valence-corrected chi connectivity index (χ1v) is 4.59. The Morgan fingerprint density at radius 1 is 1.54 bits per heavy atom. The maximum Gasteiger partial charge on any atom is 0.261 e. The van der Waals surface area contributed by atoms with E-state index < -0.39 is 0 Å². The van der Waals surface area contributed by atoms with E-state index in [1.54, 1.807) is 13.8 Å². The second-order valence-electron chi connectivity index (χ2n) is 2.86. The average Bonchev–Trinajstić information content (AvgIpc) is 2.37. The van der Waals surface area contributed by atoms with E-state index in [9.17, 15) is 9.90 Å². The lowest BCUT2D eigenvalue weighted by Gasteiger charge is -1.95. The Bertz CT molecular complexity index is 527. The van der Waals surface area contributed by atoms with Gasteiger partial charge in [0.2, 0.25) is 0 Å². The fourth-order valence-electron chi connectivity index (χ4n) is 1.15. The summed E-state index contributed by atoms with van der Waals surface area (Å²) in [6, 6.07) is 0. The third-order valence-electron chi connectivity index (χ3n) is 1.93. The van der Waals surface area contributed by atoms with Crippen molar-refractivity contribution in [1.29, 1.82) is 0 Å².